The number of ether oxygens (including phenoxy) is 5. The summed E-state index contributed by atoms with van der Waals surface area (Å²) in [7, 11) is 1.16. The lowest BCUT2D eigenvalue weighted by molar-refractivity contribution is -0.198. The van der Waals surface area contributed by atoms with E-state index in [2.05, 4.69) is 29.2 Å². The first-order valence-electron chi connectivity index (χ1n) is 23.1. The van der Waals surface area contributed by atoms with E-state index in [0.717, 1.165) is 64.9 Å². The topological polar surface area (TPSA) is 248 Å². The third-order valence-corrected chi connectivity index (χ3v) is 10.6. The molecule has 0 aromatic heterocycles. The number of aliphatic hydroxyl groups is 1. The molecule has 17 nitrogen and oxygen atoms in total. The summed E-state index contributed by atoms with van der Waals surface area (Å²) in [4.78, 5) is 87.7. The van der Waals surface area contributed by atoms with E-state index >= 15 is 0 Å². The fourth-order valence-corrected chi connectivity index (χ4v) is 6.94. The van der Waals surface area contributed by atoms with Crippen molar-refractivity contribution < 1.29 is 63.8 Å². The molecule has 17 heteroatoms. The van der Waals surface area contributed by atoms with Gasteiger partial charge in [-0.1, -0.05) is 104 Å². The van der Waals surface area contributed by atoms with Crippen molar-refractivity contribution in [2.75, 3.05) is 20.3 Å². The van der Waals surface area contributed by atoms with Crippen molar-refractivity contribution in [3.63, 3.8) is 0 Å². The molecule has 61 heavy (non-hydrogen) atoms. The van der Waals surface area contributed by atoms with Crippen LogP contribution in [0.2, 0.25) is 1.41 Å². The number of unbranched alkanes of at least 4 members (excludes halogenated alkanes) is 14. The summed E-state index contributed by atoms with van der Waals surface area (Å²) in [6.45, 7) is 7.53. The van der Waals surface area contributed by atoms with E-state index in [4.69, 9.17) is 26.1 Å². The summed E-state index contributed by atoms with van der Waals surface area (Å²) in [6.07, 6.45) is 11.6. The highest BCUT2D eigenvalue weighted by Crippen LogP contribution is 2.22. The fourth-order valence-electron chi connectivity index (χ4n) is 6.94. The van der Waals surface area contributed by atoms with Crippen LogP contribution in [0, 0.1) is 0 Å². The number of nitrogens with two attached hydrogens (primary N) is 1. The Bertz CT molecular complexity index is 1360. The van der Waals surface area contributed by atoms with E-state index in [1.165, 1.54) is 65.7 Å². The minimum absolute atomic E-state index is 0.165. The number of primary amides is 1. The quantitative estimate of drug-likeness (QED) is 0.0343. The number of carbonyl (C=O) groups excluding carboxylic acids is 7. The molecule has 352 valence electrons. The van der Waals surface area contributed by atoms with Gasteiger partial charge >= 0.3 is 17.9 Å². The first-order valence-corrected chi connectivity index (χ1v) is 22.6. The van der Waals surface area contributed by atoms with Crippen LogP contribution in [-0.2, 0) is 57.2 Å². The van der Waals surface area contributed by atoms with E-state index in [0.29, 0.717) is 11.7 Å². The van der Waals surface area contributed by atoms with Gasteiger partial charge in [-0.05, 0) is 39.5 Å². The Morgan fingerprint density at radius 1 is 0.787 bits per heavy atom. The molecule has 0 radical (unpaired) electrons. The van der Waals surface area contributed by atoms with Gasteiger partial charge in [0.25, 0.3) is 0 Å². The number of methoxy groups -OCH3 is 1. The van der Waals surface area contributed by atoms with Gasteiger partial charge in [0.05, 0.1) is 26.2 Å². The van der Waals surface area contributed by atoms with Crippen molar-refractivity contribution in [2.24, 2.45) is 5.73 Å². The van der Waals surface area contributed by atoms with Crippen LogP contribution in [0.3, 0.4) is 0 Å². The van der Waals surface area contributed by atoms with Crippen LogP contribution in [0.25, 0.3) is 0 Å². The second kappa shape index (κ2) is 32.8. The molecular weight excluding hydrogens is 792 g/mol. The minimum Gasteiger partial charge on any atom is -0.469 e. The highest BCUT2D eigenvalue weighted by molar-refractivity contribution is 5.92. The minimum atomic E-state index is -1.53. The van der Waals surface area contributed by atoms with Crippen LogP contribution in [0.5, 0.6) is 0 Å². The van der Waals surface area contributed by atoms with Gasteiger partial charge in [-0.2, -0.15) is 0 Å². The summed E-state index contributed by atoms with van der Waals surface area (Å²) in [5.41, 5.74) is 5.36. The van der Waals surface area contributed by atoms with E-state index in [-0.39, 0.29) is 38.3 Å². The number of hydrogen-bond acceptors (Lipinski definition) is 13. The molecule has 1 saturated heterocycles. The van der Waals surface area contributed by atoms with Crippen LogP contribution in [-0.4, -0.2) is 116 Å². The Labute approximate surface area is 364 Å². The molecule has 0 aromatic rings. The van der Waals surface area contributed by atoms with Crippen LogP contribution in [0.15, 0.2) is 0 Å². The van der Waals surface area contributed by atoms with Gasteiger partial charge in [0.15, 0.2) is 1.41 Å². The highest BCUT2D eigenvalue weighted by Gasteiger charge is 2.43. The molecule has 0 spiro atoms. The molecule has 1 fully saturated rings. The number of amides is 4. The second-order valence-electron chi connectivity index (χ2n) is 16.1. The van der Waals surface area contributed by atoms with Crippen LogP contribution >= 0.6 is 0 Å². The molecule has 1 aliphatic rings. The highest BCUT2D eigenvalue weighted by atomic mass is 16.6. The number of hydrogen-bond donors (Lipinski definition) is 5. The Morgan fingerprint density at radius 2 is 1.36 bits per heavy atom. The van der Waals surface area contributed by atoms with Crippen molar-refractivity contribution >= 4 is 41.5 Å². The normalized spacial score (nSPS) is 19.6. The molecule has 8 atom stereocenters. The Balaban J connectivity index is 2.88. The number of carbonyl (C=O) groups is 7. The number of aliphatic hydroxyl groups excluding tert-OH is 1. The van der Waals surface area contributed by atoms with Crippen molar-refractivity contribution in [1.29, 1.82) is 0 Å². The first kappa shape index (κ1) is 53.3. The Morgan fingerprint density at radius 3 is 1.92 bits per heavy atom. The number of esters is 3. The molecule has 0 unspecified atom stereocenters. The lowest BCUT2D eigenvalue weighted by atomic mass is 9.97. The Kier molecular flexibility index (Phi) is 28.7. The SMILES string of the molecule is [2H]N(C(=O)[C@@H](C)O[C@H]1[C@H](O)[C@@H](COC(=O)C[C@@H](CCCCCCCCC)OC(=O)CCCCCCCCCCC)OC[C@@H]1NC(C)=O)[C@@H](C)C(=O)N[C@@H](CCC(=O)OC)C(N)=O. The predicted molar refractivity (Wildman–Crippen MR) is 228 cm³/mol. The van der Waals surface area contributed by atoms with E-state index < -0.39 is 90.8 Å². The van der Waals surface area contributed by atoms with Crippen LogP contribution in [0.4, 0.5) is 0 Å². The molecule has 0 aliphatic carbocycles. The maximum Gasteiger partial charge on any atom is 0.309 e. The van der Waals surface area contributed by atoms with Crippen LogP contribution in [0.1, 0.15) is 169 Å². The third kappa shape index (κ3) is 25.0. The van der Waals surface area contributed by atoms with Gasteiger partial charge in [-0.3, -0.25) is 33.6 Å². The zero-order chi connectivity index (χ0) is 46.5. The monoisotopic (exact) mass is 872 g/mol. The first-order chi connectivity index (χ1) is 29.6. The molecule has 1 aliphatic heterocycles. The largest absolute Gasteiger partial charge is 0.469 e. The zero-order valence-corrected chi connectivity index (χ0v) is 37.8. The van der Waals surface area contributed by atoms with Gasteiger partial charge in [-0.15, -0.1) is 0 Å². The van der Waals surface area contributed by atoms with E-state index in [9.17, 15) is 38.7 Å². The summed E-state index contributed by atoms with van der Waals surface area (Å²) in [5, 5.41) is 16.7. The van der Waals surface area contributed by atoms with E-state index in [1.54, 1.807) is 0 Å². The second-order valence-corrected chi connectivity index (χ2v) is 16.1. The average molecular weight is 872 g/mol. The molecule has 6 N–H and O–H groups in total. The number of nitrogens with one attached hydrogen (secondary N) is 3. The van der Waals surface area contributed by atoms with Crippen LogP contribution < -0.4 is 21.7 Å². The summed E-state index contributed by atoms with van der Waals surface area (Å²) in [6, 6.07) is -3.68. The van der Waals surface area contributed by atoms with Crippen molar-refractivity contribution in [1.82, 2.24) is 15.9 Å². The van der Waals surface area contributed by atoms with Crippen molar-refractivity contribution in [3.8, 4) is 0 Å². The lowest BCUT2D eigenvalue weighted by Crippen LogP contribution is -2.62. The predicted octanol–water partition coefficient (Wildman–Crippen LogP) is 4.36. The lowest BCUT2D eigenvalue weighted by Gasteiger charge is -2.41. The van der Waals surface area contributed by atoms with Gasteiger partial charge < -0.3 is 50.5 Å². The molecule has 1 heterocycles. The Hall–Kier alpha value is -3.83. The number of rotatable bonds is 34. The molecule has 0 aromatic carbocycles. The maximum atomic E-state index is 13.3. The zero-order valence-electron chi connectivity index (χ0n) is 38.8. The summed E-state index contributed by atoms with van der Waals surface area (Å²) >= 11 is 0. The standard InChI is InChI=1S/C44H78N4O13/c1-7-9-11-13-15-16-18-20-22-24-38(51)61-33(23-21-19-17-14-12-10-8-2)27-39(52)59-29-36-40(53)41(35(28-58-36)47-32(5)49)60-31(4)44(56)46-30(3)43(55)48-34(42(45)54)25-26-37(50)57-6/h30-31,33-36,40-41,53H,7-29H2,1-6H3,(H2,45,54)(H,46,56)(H,47,49)(H,48,55)/t30-,31+,33+,34-,35-,36+,40+,41+/m0/s1/i/hD. The molecular formula is C44H78N4O13. The van der Waals surface area contributed by atoms with Gasteiger partial charge in [-0.25, -0.2) is 0 Å². The summed E-state index contributed by atoms with van der Waals surface area (Å²) in [5.74, 6) is -4.95. The van der Waals surface area contributed by atoms with Gasteiger partial charge in [0, 0.05) is 19.8 Å². The maximum absolute atomic E-state index is 13.3. The fraction of sp³-hybridized carbons (Fsp3) is 0.841. The average Bonchev–Trinajstić information content (AvgIpc) is 3.23. The third-order valence-electron chi connectivity index (χ3n) is 10.6. The van der Waals surface area contributed by atoms with Crippen molar-refractivity contribution in [2.45, 2.75) is 218 Å². The smallest absolute Gasteiger partial charge is 0.309 e. The summed E-state index contributed by atoms with van der Waals surface area (Å²) < 4.78 is 35.9. The molecule has 0 saturated carbocycles. The molecule has 4 amide bonds. The van der Waals surface area contributed by atoms with E-state index in [1.807, 2.05) is 0 Å². The van der Waals surface area contributed by atoms with Gasteiger partial charge in [0.1, 0.15) is 49.2 Å². The van der Waals surface area contributed by atoms with Gasteiger partial charge in [0.2, 0.25) is 23.6 Å². The van der Waals surface area contributed by atoms with Crippen molar-refractivity contribution in [3.05, 3.63) is 0 Å². The molecule has 0 bridgehead atoms. The molecule has 1 rings (SSSR count).